The van der Waals surface area contributed by atoms with Gasteiger partial charge in [-0.3, -0.25) is 0 Å². The Hall–Kier alpha value is -1.40. The molecule has 1 atom stereocenters. The molecule has 2 aromatic rings. The quantitative estimate of drug-likeness (QED) is 0.900. The maximum absolute atomic E-state index is 12.8. The van der Waals surface area contributed by atoms with E-state index >= 15 is 0 Å². The summed E-state index contributed by atoms with van der Waals surface area (Å²) >= 11 is 1.09. The van der Waals surface area contributed by atoms with Crippen LogP contribution in [-0.2, 0) is 6.18 Å². The zero-order valence-corrected chi connectivity index (χ0v) is 10.2. The fraction of sp³-hybridized carbons (Fsp3) is 0.250. The first-order valence-corrected chi connectivity index (χ1v) is 6.07. The fourth-order valence-corrected chi connectivity index (χ4v) is 2.46. The molecule has 1 N–H and O–H groups in total. The number of rotatable bonds is 2. The highest BCUT2D eigenvalue weighted by Gasteiger charge is 2.34. The summed E-state index contributed by atoms with van der Waals surface area (Å²) in [6, 6.07) is 5.29. The number of hydrogen-bond donors (Lipinski definition) is 1. The van der Waals surface area contributed by atoms with Crippen molar-refractivity contribution in [2.75, 3.05) is 0 Å². The molecule has 1 aromatic carbocycles. The standard InChI is InChI=1S/C12H10F3NOS/c1-7(17)10-6-18-11(16-10)8-4-2-3-5-9(8)12(13,14)15/h2-7,17H,1H3. The predicted octanol–water partition coefficient (Wildman–Crippen LogP) is 3.88. The molecule has 2 rings (SSSR count). The van der Waals surface area contributed by atoms with Crippen LogP contribution in [0.5, 0.6) is 0 Å². The smallest absolute Gasteiger partial charge is 0.387 e. The van der Waals surface area contributed by atoms with Gasteiger partial charge in [-0.2, -0.15) is 13.2 Å². The fourth-order valence-electron chi connectivity index (χ4n) is 1.52. The third kappa shape index (κ3) is 2.54. The molecule has 0 radical (unpaired) electrons. The van der Waals surface area contributed by atoms with Crippen LogP contribution in [0.3, 0.4) is 0 Å². The van der Waals surface area contributed by atoms with Gasteiger partial charge in [0.25, 0.3) is 0 Å². The molecule has 0 fully saturated rings. The summed E-state index contributed by atoms with van der Waals surface area (Å²) in [5.41, 5.74) is -0.287. The van der Waals surface area contributed by atoms with Gasteiger partial charge in [0.15, 0.2) is 0 Å². The van der Waals surface area contributed by atoms with Gasteiger partial charge in [-0.25, -0.2) is 4.98 Å². The molecule has 0 bridgehead atoms. The second kappa shape index (κ2) is 4.70. The molecule has 2 nitrogen and oxygen atoms in total. The highest BCUT2D eigenvalue weighted by atomic mass is 32.1. The number of thiazole rings is 1. The summed E-state index contributed by atoms with van der Waals surface area (Å²) in [6.45, 7) is 1.52. The van der Waals surface area contributed by atoms with Crippen molar-refractivity contribution in [1.29, 1.82) is 0 Å². The molecule has 1 heterocycles. The Morgan fingerprint density at radius 3 is 2.50 bits per heavy atom. The number of aliphatic hydroxyl groups excluding tert-OH is 1. The first kappa shape index (κ1) is 13.0. The summed E-state index contributed by atoms with van der Waals surface area (Å²) in [7, 11) is 0. The second-order valence-corrected chi connectivity index (χ2v) is 4.65. The monoisotopic (exact) mass is 273 g/mol. The van der Waals surface area contributed by atoms with Crippen molar-refractivity contribution in [3.63, 3.8) is 0 Å². The van der Waals surface area contributed by atoms with E-state index < -0.39 is 17.8 Å². The molecule has 0 saturated heterocycles. The Balaban J connectivity index is 2.50. The van der Waals surface area contributed by atoms with E-state index in [-0.39, 0.29) is 10.6 Å². The molecule has 6 heteroatoms. The van der Waals surface area contributed by atoms with Crippen molar-refractivity contribution in [3.05, 3.63) is 40.9 Å². The predicted molar refractivity (Wildman–Crippen MR) is 63.2 cm³/mol. The molecular formula is C12H10F3NOS. The van der Waals surface area contributed by atoms with Gasteiger partial charge in [-0.15, -0.1) is 11.3 Å². The third-order valence-corrected chi connectivity index (χ3v) is 3.31. The number of aromatic nitrogens is 1. The minimum Gasteiger partial charge on any atom is -0.387 e. The van der Waals surface area contributed by atoms with Gasteiger partial charge in [0, 0.05) is 10.9 Å². The lowest BCUT2D eigenvalue weighted by molar-refractivity contribution is -0.137. The maximum Gasteiger partial charge on any atom is 0.417 e. The van der Waals surface area contributed by atoms with E-state index in [0.29, 0.717) is 5.69 Å². The SMILES string of the molecule is CC(O)c1csc(-c2ccccc2C(F)(F)F)n1. The normalized spacial score (nSPS) is 13.6. The Kier molecular flexibility index (Phi) is 3.41. The Labute approximate surface area is 106 Å². The average Bonchev–Trinajstić information content (AvgIpc) is 2.77. The molecule has 1 unspecified atom stereocenters. The molecule has 0 aliphatic heterocycles. The number of benzene rings is 1. The molecule has 18 heavy (non-hydrogen) atoms. The summed E-state index contributed by atoms with van der Waals surface area (Å²) in [5, 5.41) is 11.2. The van der Waals surface area contributed by atoms with E-state index in [9.17, 15) is 18.3 Å². The Morgan fingerprint density at radius 2 is 1.94 bits per heavy atom. The maximum atomic E-state index is 12.8. The molecule has 0 aliphatic rings. The largest absolute Gasteiger partial charge is 0.417 e. The van der Waals surface area contributed by atoms with Crippen molar-refractivity contribution in [2.24, 2.45) is 0 Å². The summed E-state index contributed by atoms with van der Waals surface area (Å²) in [6.07, 6.45) is -5.19. The van der Waals surface area contributed by atoms with E-state index in [2.05, 4.69) is 4.98 Å². The van der Waals surface area contributed by atoms with Crippen LogP contribution in [0, 0.1) is 0 Å². The van der Waals surface area contributed by atoms with Crippen LogP contribution in [0.15, 0.2) is 29.6 Å². The first-order valence-electron chi connectivity index (χ1n) is 5.19. The molecule has 0 amide bonds. The number of aliphatic hydroxyl groups is 1. The van der Waals surface area contributed by atoms with Crippen molar-refractivity contribution in [3.8, 4) is 10.6 Å². The van der Waals surface area contributed by atoms with Crippen molar-refractivity contribution < 1.29 is 18.3 Å². The Morgan fingerprint density at radius 1 is 1.28 bits per heavy atom. The van der Waals surface area contributed by atoms with Crippen LogP contribution in [0.4, 0.5) is 13.2 Å². The molecule has 96 valence electrons. The van der Waals surface area contributed by atoms with Gasteiger partial charge < -0.3 is 5.11 Å². The highest BCUT2D eigenvalue weighted by Crippen LogP contribution is 2.38. The van der Waals surface area contributed by atoms with Gasteiger partial charge in [0.05, 0.1) is 17.4 Å². The van der Waals surface area contributed by atoms with Crippen molar-refractivity contribution >= 4 is 11.3 Å². The zero-order chi connectivity index (χ0) is 13.3. The third-order valence-electron chi connectivity index (χ3n) is 2.41. The van der Waals surface area contributed by atoms with Crippen LogP contribution in [0.1, 0.15) is 24.3 Å². The summed E-state index contributed by atoms with van der Waals surface area (Å²) < 4.78 is 38.5. The van der Waals surface area contributed by atoms with Crippen LogP contribution >= 0.6 is 11.3 Å². The van der Waals surface area contributed by atoms with Crippen molar-refractivity contribution in [2.45, 2.75) is 19.2 Å². The van der Waals surface area contributed by atoms with Crippen LogP contribution < -0.4 is 0 Å². The second-order valence-electron chi connectivity index (χ2n) is 3.80. The van der Waals surface area contributed by atoms with Gasteiger partial charge in [0.1, 0.15) is 5.01 Å². The van der Waals surface area contributed by atoms with E-state index in [1.54, 1.807) is 5.38 Å². The lowest BCUT2D eigenvalue weighted by Crippen LogP contribution is -2.06. The van der Waals surface area contributed by atoms with Gasteiger partial charge in [0.2, 0.25) is 0 Å². The lowest BCUT2D eigenvalue weighted by Gasteiger charge is -2.10. The van der Waals surface area contributed by atoms with Crippen molar-refractivity contribution in [1.82, 2.24) is 4.98 Å². The van der Waals surface area contributed by atoms with Gasteiger partial charge in [-0.05, 0) is 13.0 Å². The Bertz CT molecular complexity index is 548. The van der Waals surface area contributed by atoms with Crippen LogP contribution in [0.25, 0.3) is 10.6 Å². The summed E-state index contributed by atoms with van der Waals surface area (Å²) in [5.74, 6) is 0. The van der Waals surface area contributed by atoms with Gasteiger partial charge in [-0.1, -0.05) is 18.2 Å². The van der Waals surface area contributed by atoms with Gasteiger partial charge >= 0.3 is 6.18 Å². The number of nitrogens with zero attached hydrogens (tertiary/aromatic N) is 1. The molecule has 0 aliphatic carbocycles. The zero-order valence-electron chi connectivity index (χ0n) is 9.40. The molecular weight excluding hydrogens is 263 g/mol. The average molecular weight is 273 g/mol. The highest BCUT2D eigenvalue weighted by molar-refractivity contribution is 7.13. The van der Waals surface area contributed by atoms with E-state index in [0.717, 1.165) is 17.4 Å². The lowest BCUT2D eigenvalue weighted by atomic mass is 10.1. The molecule has 0 saturated carbocycles. The van der Waals surface area contributed by atoms with E-state index in [4.69, 9.17) is 0 Å². The van der Waals surface area contributed by atoms with E-state index in [1.165, 1.54) is 25.1 Å². The first-order chi connectivity index (χ1) is 8.39. The molecule has 0 spiro atoms. The topological polar surface area (TPSA) is 33.1 Å². The van der Waals surface area contributed by atoms with E-state index in [1.807, 2.05) is 0 Å². The minimum absolute atomic E-state index is 0.0434. The van der Waals surface area contributed by atoms with Crippen LogP contribution in [-0.4, -0.2) is 10.1 Å². The number of hydrogen-bond acceptors (Lipinski definition) is 3. The van der Waals surface area contributed by atoms with Crippen LogP contribution in [0.2, 0.25) is 0 Å². The number of halogens is 3. The molecule has 1 aromatic heterocycles. The summed E-state index contributed by atoms with van der Waals surface area (Å²) in [4.78, 5) is 4.02. The minimum atomic E-state index is -4.41. The number of alkyl halides is 3.